The van der Waals surface area contributed by atoms with Crippen LogP contribution in [0.25, 0.3) is 6.08 Å². The molecule has 0 bridgehead atoms. The van der Waals surface area contributed by atoms with Gasteiger partial charge in [-0.15, -0.1) is 0 Å². The van der Waals surface area contributed by atoms with Gasteiger partial charge in [-0.05, 0) is 49.6 Å². The van der Waals surface area contributed by atoms with Crippen molar-refractivity contribution >= 4 is 35.5 Å². The molecule has 1 atom stereocenters. The molecule has 0 aromatic heterocycles. The van der Waals surface area contributed by atoms with Crippen LogP contribution in [-0.2, 0) is 24.0 Å². The van der Waals surface area contributed by atoms with Crippen molar-refractivity contribution < 1.29 is 34.2 Å². The lowest BCUT2D eigenvalue weighted by atomic mass is 9.89. The van der Waals surface area contributed by atoms with Crippen LogP contribution >= 0.6 is 0 Å². The second-order valence-electron chi connectivity index (χ2n) is 8.29. The van der Waals surface area contributed by atoms with Crippen LogP contribution in [0.2, 0.25) is 0 Å². The predicted molar refractivity (Wildman–Crippen MR) is 137 cm³/mol. The zero-order chi connectivity index (χ0) is 27.1. The SMILES string of the molecule is CCCCNC(=O)C=CC(CC(C)=O)C(=CC(CC(C)=O)=C(C=Cc1ccccc1)C(=O)O)C(=O)O. The minimum Gasteiger partial charge on any atom is -0.478 e. The summed E-state index contributed by atoms with van der Waals surface area (Å²) in [4.78, 5) is 60.2. The van der Waals surface area contributed by atoms with Gasteiger partial charge in [0.2, 0.25) is 5.91 Å². The number of Topliss-reactive ketones (excluding diaryl/α,β-unsaturated/α-hetero) is 2. The molecule has 8 nitrogen and oxygen atoms in total. The van der Waals surface area contributed by atoms with Crippen LogP contribution in [0.3, 0.4) is 0 Å². The standard InChI is InChI=1S/C28H33NO7/c1-4-5-15-29-26(32)14-12-22(16-19(2)30)25(28(35)36)18-23(17-20(3)31)24(27(33)34)13-11-21-9-7-6-8-10-21/h6-14,18,22H,4-5,15-17H2,1-3H3,(H,29,32)(H,33,34)(H,35,36). The van der Waals surface area contributed by atoms with E-state index in [2.05, 4.69) is 5.32 Å². The van der Waals surface area contributed by atoms with E-state index in [9.17, 15) is 34.2 Å². The van der Waals surface area contributed by atoms with Gasteiger partial charge in [0.05, 0.1) is 5.57 Å². The van der Waals surface area contributed by atoms with Gasteiger partial charge < -0.3 is 15.5 Å². The van der Waals surface area contributed by atoms with Crippen molar-refractivity contribution in [2.24, 2.45) is 5.92 Å². The highest BCUT2D eigenvalue weighted by atomic mass is 16.4. The summed E-state index contributed by atoms with van der Waals surface area (Å²) < 4.78 is 0. The third kappa shape index (κ3) is 11.4. The maximum absolute atomic E-state index is 12.2. The number of hydrogen-bond acceptors (Lipinski definition) is 5. The molecule has 0 heterocycles. The predicted octanol–water partition coefficient (Wildman–Crippen LogP) is 4.14. The molecule has 36 heavy (non-hydrogen) atoms. The number of allylic oxidation sites excluding steroid dienone is 3. The Morgan fingerprint density at radius 3 is 2.14 bits per heavy atom. The topological polar surface area (TPSA) is 138 Å². The largest absolute Gasteiger partial charge is 0.478 e. The molecule has 0 saturated carbocycles. The smallest absolute Gasteiger partial charge is 0.335 e. The van der Waals surface area contributed by atoms with Gasteiger partial charge >= 0.3 is 11.9 Å². The molecular formula is C28H33NO7. The molecule has 0 saturated heterocycles. The zero-order valence-corrected chi connectivity index (χ0v) is 20.8. The Bertz CT molecular complexity index is 1080. The van der Waals surface area contributed by atoms with Crippen molar-refractivity contribution in [3.63, 3.8) is 0 Å². The van der Waals surface area contributed by atoms with Crippen LogP contribution < -0.4 is 5.32 Å². The van der Waals surface area contributed by atoms with Crippen molar-refractivity contribution in [1.82, 2.24) is 5.32 Å². The van der Waals surface area contributed by atoms with E-state index in [1.165, 1.54) is 32.1 Å². The summed E-state index contributed by atoms with van der Waals surface area (Å²) in [6.45, 7) is 4.99. The van der Waals surface area contributed by atoms with Crippen molar-refractivity contribution in [2.75, 3.05) is 6.54 Å². The van der Waals surface area contributed by atoms with Gasteiger partial charge in [0.15, 0.2) is 0 Å². The highest BCUT2D eigenvalue weighted by molar-refractivity contribution is 5.96. The van der Waals surface area contributed by atoms with Gasteiger partial charge in [0.1, 0.15) is 11.6 Å². The molecule has 0 aliphatic heterocycles. The fourth-order valence-corrected chi connectivity index (χ4v) is 3.31. The molecule has 1 aromatic carbocycles. The number of nitrogens with one attached hydrogen (secondary N) is 1. The Morgan fingerprint density at radius 2 is 1.61 bits per heavy atom. The first kappa shape index (κ1) is 30.0. The van der Waals surface area contributed by atoms with E-state index in [-0.39, 0.29) is 41.1 Å². The van der Waals surface area contributed by atoms with E-state index >= 15 is 0 Å². The second kappa shape index (κ2) is 15.8. The van der Waals surface area contributed by atoms with Crippen molar-refractivity contribution in [3.8, 4) is 0 Å². The number of rotatable bonds is 15. The Morgan fingerprint density at radius 1 is 0.944 bits per heavy atom. The second-order valence-corrected chi connectivity index (χ2v) is 8.29. The number of unbranched alkanes of at least 4 members (excludes halogenated alkanes) is 1. The number of aliphatic carboxylic acids is 2. The zero-order valence-electron chi connectivity index (χ0n) is 20.8. The number of hydrogen-bond donors (Lipinski definition) is 3. The molecule has 8 heteroatoms. The lowest BCUT2D eigenvalue weighted by Gasteiger charge is -2.14. The Hall–Kier alpha value is -4.07. The molecular weight excluding hydrogens is 462 g/mol. The summed E-state index contributed by atoms with van der Waals surface area (Å²) in [5.74, 6) is -4.86. The summed E-state index contributed by atoms with van der Waals surface area (Å²) in [5.41, 5.74) is 0.142. The summed E-state index contributed by atoms with van der Waals surface area (Å²) in [5, 5.41) is 22.4. The molecule has 3 N–H and O–H groups in total. The van der Waals surface area contributed by atoms with Gasteiger partial charge in [-0.2, -0.15) is 0 Å². The average molecular weight is 496 g/mol. The monoisotopic (exact) mass is 495 g/mol. The van der Waals surface area contributed by atoms with Crippen molar-refractivity contribution in [2.45, 2.75) is 46.5 Å². The third-order valence-electron chi connectivity index (χ3n) is 5.05. The van der Waals surface area contributed by atoms with E-state index in [0.717, 1.165) is 18.9 Å². The lowest BCUT2D eigenvalue weighted by molar-refractivity contribution is -0.134. The first-order valence-corrected chi connectivity index (χ1v) is 11.6. The lowest BCUT2D eigenvalue weighted by Crippen LogP contribution is -2.22. The summed E-state index contributed by atoms with van der Waals surface area (Å²) in [6.07, 6.45) is 7.58. The van der Waals surface area contributed by atoms with Crippen LogP contribution in [0.5, 0.6) is 0 Å². The maximum atomic E-state index is 12.2. The van der Waals surface area contributed by atoms with Crippen molar-refractivity contribution in [1.29, 1.82) is 0 Å². The number of carbonyl (C=O) groups is 5. The van der Waals surface area contributed by atoms with Crippen LogP contribution in [0.4, 0.5) is 0 Å². The average Bonchev–Trinajstić information content (AvgIpc) is 2.80. The Kier molecular flexibility index (Phi) is 13.1. The molecule has 1 unspecified atom stereocenters. The first-order valence-electron chi connectivity index (χ1n) is 11.6. The summed E-state index contributed by atoms with van der Waals surface area (Å²) in [6, 6.07) is 8.89. The Balaban J connectivity index is 3.58. The molecule has 0 aliphatic rings. The van der Waals surface area contributed by atoms with E-state index in [1.54, 1.807) is 36.4 Å². The molecule has 1 aromatic rings. The quantitative estimate of drug-likeness (QED) is 0.189. The van der Waals surface area contributed by atoms with Crippen LogP contribution in [0.1, 0.15) is 52.0 Å². The highest BCUT2D eigenvalue weighted by Gasteiger charge is 2.23. The minimum absolute atomic E-state index is 0.0195. The maximum Gasteiger partial charge on any atom is 0.335 e. The number of carbonyl (C=O) groups excluding carboxylic acids is 3. The third-order valence-corrected chi connectivity index (χ3v) is 5.05. The molecule has 1 amide bonds. The molecule has 0 aliphatic carbocycles. The number of carboxylic acids is 2. The summed E-state index contributed by atoms with van der Waals surface area (Å²) >= 11 is 0. The first-order chi connectivity index (χ1) is 17.0. The number of amides is 1. The molecule has 192 valence electrons. The van der Waals surface area contributed by atoms with Gasteiger partial charge in [-0.25, -0.2) is 9.59 Å². The summed E-state index contributed by atoms with van der Waals surface area (Å²) in [7, 11) is 0. The fourth-order valence-electron chi connectivity index (χ4n) is 3.31. The molecule has 0 spiro atoms. The normalized spacial score (nSPS) is 13.4. The number of benzene rings is 1. The van der Waals surface area contributed by atoms with Crippen LogP contribution in [0, 0.1) is 5.92 Å². The minimum atomic E-state index is -1.39. The van der Waals surface area contributed by atoms with Gasteiger partial charge in [0, 0.05) is 30.9 Å². The van der Waals surface area contributed by atoms with Gasteiger partial charge in [-0.1, -0.05) is 55.8 Å². The molecule has 0 fully saturated rings. The van der Waals surface area contributed by atoms with Crippen LogP contribution in [-0.4, -0.2) is 46.2 Å². The Labute approximate surface area is 211 Å². The molecule has 1 rings (SSSR count). The van der Waals surface area contributed by atoms with E-state index in [0.29, 0.717) is 12.1 Å². The fraction of sp³-hybridized carbons (Fsp3) is 0.321. The highest BCUT2D eigenvalue weighted by Crippen LogP contribution is 2.24. The molecule has 0 radical (unpaired) electrons. The van der Waals surface area contributed by atoms with Gasteiger partial charge in [0.25, 0.3) is 0 Å². The van der Waals surface area contributed by atoms with Crippen molar-refractivity contribution in [3.05, 3.63) is 76.9 Å². The van der Waals surface area contributed by atoms with E-state index in [4.69, 9.17) is 0 Å². The number of carboxylic acid groups (broad SMARTS) is 2. The van der Waals surface area contributed by atoms with E-state index < -0.39 is 23.8 Å². The van der Waals surface area contributed by atoms with Gasteiger partial charge in [-0.3, -0.25) is 14.4 Å². The van der Waals surface area contributed by atoms with Crippen LogP contribution in [0.15, 0.2) is 71.4 Å². The number of ketones is 2. The van der Waals surface area contributed by atoms with E-state index in [1.807, 2.05) is 6.92 Å².